The van der Waals surface area contributed by atoms with Gasteiger partial charge in [-0.2, -0.15) is 0 Å². The van der Waals surface area contributed by atoms with Gasteiger partial charge in [-0.25, -0.2) is 8.78 Å². The number of benzene rings is 1. The molecule has 0 unspecified atom stereocenters. The first-order chi connectivity index (χ1) is 6.06. The van der Waals surface area contributed by atoms with E-state index in [1.54, 1.807) is 0 Å². The maximum absolute atomic E-state index is 12.6. The molecule has 0 aliphatic heterocycles. The Hall–Kier alpha value is -1.36. The molecule has 0 saturated carbocycles. The summed E-state index contributed by atoms with van der Waals surface area (Å²) in [5.41, 5.74) is 5.09. The highest BCUT2D eigenvalue weighted by molar-refractivity contribution is 6.34. The van der Waals surface area contributed by atoms with E-state index in [0.717, 1.165) is 12.1 Å². The van der Waals surface area contributed by atoms with Crippen LogP contribution < -0.4 is 5.73 Å². The van der Waals surface area contributed by atoms with Crippen LogP contribution in [0.2, 0.25) is 5.02 Å². The zero-order valence-electron chi connectivity index (χ0n) is 6.26. The highest BCUT2D eigenvalue weighted by Gasteiger charge is 2.11. The molecule has 0 bridgehead atoms. The van der Waals surface area contributed by atoms with Crippen molar-refractivity contribution in [1.29, 1.82) is 0 Å². The van der Waals surface area contributed by atoms with E-state index in [1.165, 1.54) is 0 Å². The van der Waals surface area contributed by atoms with Crippen LogP contribution in [0.1, 0.15) is 5.56 Å². The molecule has 13 heavy (non-hydrogen) atoms. The first-order valence-electron chi connectivity index (χ1n) is 3.18. The van der Waals surface area contributed by atoms with Crippen molar-refractivity contribution >= 4 is 17.4 Å². The van der Waals surface area contributed by atoms with Crippen LogP contribution in [0.25, 0.3) is 0 Å². The Morgan fingerprint density at radius 2 is 1.92 bits per heavy atom. The minimum Gasteiger partial charge on any atom is -0.409 e. The topological polar surface area (TPSA) is 58.6 Å². The number of hydrogen-bond acceptors (Lipinski definition) is 2. The lowest BCUT2D eigenvalue weighted by molar-refractivity contribution is 0.318. The maximum Gasteiger partial charge on any atom is 0.171 e. The molecule has 0 amide bonds. The molecule has 0 atom stereocenters. The Bertz CT molecular complexity index is 368. The fourth-order valence-corrected chi connectivity index (χ4v) is 1.02. The molecule has 1 rings (SSSR count). The molecule has 0 aliphatic rings. The van der Waals surface area contributed by atoms with Crippen molar-refractivity contribution in [2.75, 3.05) is 0 Å². The smallest absolute Gasteiger partial charge is 0.171 e. The normalized spacial score (nSPS) is 11.8. The molecule has 0 aromatic heterocycles. The second kappa shape index (κ2) is 3.57. The zero-order valence-corrected chi connectivity index (χ0v) is 7.02. The second-order valence-corrected chi connectivity index (χ2v) is 2.64. The SMILES string of the molecule is N/C(=N\O)c1cc(F)c(F)cc1Cl. The quantitative estimate of drug-likeness (QED) is 0.242. The van der Waals surface area contributed by atoms with E-state index < -0.39 is 11.6 Å². The molecule has 70 valence electrons. The fraction of sp³-hybridized carbons (Fsp3) is 0. The van der Waals surface area contributed by atoms with Crippen LogP contribution in [0.15, 0.2) is 17.3 Å². The van der Waals surface area contributed by atoms with Crippen molar-refractivity contribution in [2.45, 2.75) is 0 Å². The van der Waals surface area contributed by atoms with Crippen molar-refractivity contribution in [3.05, 3.63) is 34.4 Å². The molecular formula is C7H5ClF2N2O. The van der Waals surface area contributed by atoms with Gasteiger partial charge >= 0.3 is 0 Å². The molecule has 1 aromatic rings. The standard InChI is InChI=1S/C7H5ClF2N2O/c8-4-2-6(10)5(9)1-3(4)7(11)12-13/h1-2,13H,(H2,11,12). The fourth-order valence-electron chi connectivity index (χ4n) is 0.773. The van der Waals surface area contributed by atoms with E-state index in [2.05, 4.69) is 5.16 Å². The Morgan fingerprint density at radius 3 is 2.46 bits per heavy atom. The third kappa shape index (κ3) is 1.86. The summed E-state index contributed by atoms with van der Waals surface area (Å²) in [4.78, 5) is 0. The van der Waals surface area contributed by atoms with Crippen LogP contribution in [0, 0.1) is 11.6 Å². The minimum absolute atomic E-state index is 0.0527. The van der Waals surface area contributed by atoms with Crippen LogP contribution in [-0.4, -0.2) is 11.0 Å². The monoisotopic (exact) mass is 206 g/mol. The van der Waals surface area contributed by atoms with Gasteiger partial charge in [-0.15, -0.1) is 0 Å². The predicted octanol–water partition coefficient (Wildman–Crippen LogP) is 1.71. The molecule has 0 saturated heterocycles. The number of nitrogens with two attached hydrogens (primary N) is 1. The molecule has 3 N–H and O–H groups in total. The van der Waals surface area contributed by atoms with Gasteiger partial charge in [0.15, 0.2) is 17.5 Å². The number of rotatable bonds is 1. The Morgan fingerprint density at radius 1 is 1.38 bits per heavy atom. The van der Waals surface area contributed by atoms with Gasteiger partial charge in [0, 0.05) is 5.56 Å². The second-order valence-electron chi connectivity index (χ2n) is 2.23. The molecule has 0 radical (unpaired) electrons. The van der Waals surface area contributed by atoms with E-state index in [1.807, 2.05) is 0 Å². The van der Waals surface area contributed by atoms with Gasteiger partial charge in [0.25, 0.3) is 0 Å². The maximum atomic E-state index is 12.6. The molecule has 6 heteroatoms. The van der Waals surface area contributed by atoms with Crippen LogP contribution in [-0.2, 0) is 0 Å². The summed E-state index contributed by atoms with van der Waals surface area (Å²) < 4.78 is 25.2. The zero-order chi connectivity index (χ0) is 10.0. The van der Waals surface area contributed by atoms with Gasteiger partial charge in [0.1, 0.15) is 0 Å². The third-order valence-corrected chi connectivity index (χ3v) is 1.71. The van der Waals surface area contributed by atoms with Crippen LogP contribution in [0.4, 0.5) is 8.78 Å². The highest BCUT2D eigenvalue weighted by atomic mass is 35.5. The van der Waals surface area contributed by atoms with Gasteiger partial charge in [-0.05, 0) is 12.1 Å². The number of nitrogens with zero attached hydrogens (tertiary/aromatic N) is 1. The molecule has 3 nitrogen and oxygen atoms in total. The van der Waals surface area contributed by atoms with Crippen molar-refractivity contribution < 1.29 is 14.0 Å². The number of amidine groups is 1. The van der Waals surface area contributed by atoms with Gasteiger partial charge in [-0.1, -0.05) is 16.8 Å². The van der Waals surface area contributed by atoms with Gasteiger partial charge < -0.3 is 10.9 Å². The molecule has 0 spiro atoms. The van der Waals surface area contributed by atoms with Gasteiger partial charge in [-0.3, -0.25) is 0 Å². The van der Waals surface area contributed by atoms with Crippen molar-refractivity contribution in [2.24, 2.45) is 10.9 Å². The molecular weight excluding hydrogens is 202 g/mol. The third-order valence-electron chi connectivity index (χ3n) is 1.39. The van der Waals surface area contributed by atoms with E-state index in [4.69, 9.17) is 22.5 Å². The van der Waals surface area contributed by atoms with Crippen molar-refractivity contribution in [1.82, 2.24) is 0 Å². The predicted molar refractivity (Wildman–Crippen MR) is 43.9 cm³/mol. The summed E-state index contributed by atoms with van der Waals surface area (Å²) in [6.45, 7) is 0. The highest BCUT2D eigenvalue weighted by Crippen LogP contribution is 2.19. The molecule has 0 fully saturated rings. The van der Waals surface area contributed by atoms with Crippen molar-refractivity contribution in [3.63, 3.8) is 0 Å². The number of oxime groups is 1. The summed E-state index contributed by atoms with van der Waals surface area (Å²) in [5, 5.41) is 10.8. The molecule has 0 aliphatic carbocycles. The summed E-state index contributed by atoms with van der Waals surface area (Å²) in [7, 11) is 0. The van der Waals surface area contributed by atoms with Crippen LogP contribution in [0.5, 0.6) is 0 Å². The van der Waals surface area contributed by atoms with Crippen LogP contribution in [0.3, 0.4) is 0 Å². The Balaban J connectivity index is 3.32. The molecule has 1 aromatic carbocycles. The number of halogens is 3. The summed E-state index contributed by atoms with van der Waals surface area (Å²) in [5.74, 6) is -2.56. The van der Waals surface area contributed by atoms with Gasteiger partial charge in [0.2, 0.25) is 0 Å². The van der Waals surface area contributed by atoms with Crippen LogP contribution >= 0.6 is 11.6 Å². The number of hydrogen-bond donors (Lipinski definition) is 2. The summed E-state index contributed by atoms with van der Waals surface area (Å²) in [6.07, 6.45) is 0. The van der Waals surface area contributed by atoms with E-state index >= 15 is 0 Å². The lowest BCUT2D eigenvalue weighted by atomic mass is 10.2. The first kappa shape index (κ1) is 9.73. The Kier molecular flexibility index (Phi) is 2.67. The summed E-state index contributed by atoms with van der Waals surface area (Å²) in [6, 6.07) is 1.51. The Labute approximate surface area is 77.4 Å². The summed E-state index contributed by atoms with van der Waals surface area (Å²) >= 11 is 5.50. The average molecular weight is 207 g/mol. The van der Waals surface area contributed by atoms with Crippen molar-refractivity contribution in [3.8, 4) is 0 Å². The largest absolute Gasteiger partial charge is 0.409 e. The average Bonchev–Trinajstić information content (AvgIpc) is 2.10. The minimum atomic E-state index is -1.11. The lowest BCUT2D eigenvalue weighted by Gasteiger charge is -2.02. The first-order valence-corrected chi connectivity index (χ1v) is 3.56. The van der Waals surface area contributed by atoms with E-state index in [0.29, 0.717) is 0 Å². The van der Waals surface area contributed by atoms with E-state index in [9.17, 15) is 8.78 Å². The molecule has 0 heterocycles. The van der Waals surface area contributed by atoms with Gasteiger partial charge in [0.05, 0.1) is 5.02 Å². The lowest BCUT2D eigenvalue weighted by Crippen LogP contribution is -2.14. The van der Waals surface area contributed by atoms with E-state index in [-0.39, 0.29) is 16.4 Å².